The number of allylic oxidation sites excluding steroid dienone is 2. The van der Waals surface area contributed by atoms with E-state index in [2.05, 4.69) is 19.9 Å². The summed E-state index contributed by atoms with van der Waals surface area (Å²) in [6.45, 7) is 7.80. The summed E-state index contributed by atoms with van der Waals surface area (Å²) in [6, 6.07) is 0. The first-order chi connectivity index (χ1) is 4.54. The summed E-state index contributed by atoms with van der Waals surface area (Å²) in [4.78, 5) is 9.37. The quantitative estimate of drug-likeness (QED) is 0.574. The number of aliphatic carboxylic acids is 1. The number of carboxylic acids is 1. The SMILES string of the molecule is CC=C(C)C.CCC(=O)O. The van der Waals surface area contributed by atoms with Crippen LogP contribution in [0.4, 0.5) is 0 Å². The molecule has 0 aliphatic carbocycles. The fourth-order valence-corrected chi connectivity index (χ4v) is 0. The number of hydrogen-bond acceptors (Lipinski definition) is 1. The van der Waals surface area contributed by atoms with E-state index >= 15 is 0 Å². The highest BCUT2D eigenvalue weighted by Gasteiger charge is 1.80. The van der Waals surface area contributed by atoms with Gasteiger partial charge in [-0.05, 0) is 20.8 Å². The van der Waals surface area contributed by atoms with E-state index in [1.807, 2.05) is 6.92 Å². The van der Waals surface area contributed by atoms with E-state index in [9.17, 15) is 4.79 Å². The molecule has 0 radical (unpaired) electrons. The molecule has 2 nitrogen and oxygen atoms in total. The topological polar surface area (TPSA) is 37.3 Å². The number of rotatable bonds is 1. The molecule has 0 rings (SSSR count). The molecule has 0 aromatic heterocycles. The molecule has 0 aromatic rings. The third-order valence-corrected chi connectivity index (χ3v) is 0.880. The Bertz CT molecular complexity index is 110. The van der Waals surface area contributed by atoms with Crippen molar-refractivity contribution in [3.05, 3.63) is 11.6 Å². The lowest BCUT2D eigenvalue weighted by atomic mass is 10.3. The van der Waals surface area contributed by atoms with Gasteiger partial charge in [0.25, 0.3) is 0 Å². The van der Waals surface area contributed by atoms with Gasteiger partial charge >= 0.3 is 5.97 Å². The van der Waals surface area contributed by atoms with Gasteiger partial charge < -0.3 is 5.11 Å². The maximum Gasteiger partial charge on any atom is 0.303 e. The highest BCUT2D eigenvalue weighted by atomic mass is 16.4. The molecule has 0 unspecified atom stereocenters. The molecule has 2 heteroatoms. The van der Waals surface area contributed by atoms with Gasteiger partial charge in [-0.1, -0.05) is 18.6 Å². The maximum absolute atomic E-state index is 9.37. The van der Waals surface area contributed by atoms with Crippen LogP contribution in [0.5, 0.6) is 0 Å². The average Bonchev–Trinajstić information content (AvgIpc) is 1.89. The molecule has 0 saturated carbocycles. The molecule has 0 aliphatic heterocycles. The molecule has 0 fully saturated rings. The van der Waals surface area contributed by atoms with Crippen molar-refractivity contribution in [1.82, 2.24) is 0 Å². The Balaban J connectivity index is 0. The van der Waals surface area contributed by atoms with Crippen molar-refractivity contribution >= 4 is 5.97 Å². The zero-order chi connectivity index (χ0) is 8.57. The minimum Gasteiger partial charge on any atom is -0.481 e. The second-order valence-corrected chi connectivity index (χ2v) is 2.11. The van der Waals surface area contributed by atoms with Crippen LogP contribution < -0.4 is 0 Å². The Morgan fingerprint density at radius 3 is 1.70 bits per heavy atom. The highest BCUT2D eigenvalue weighted by Crippen LogP contribution is 1.82. The first-order valence-electron chi connectivity index (χ1n) is 3.35. The number of carbonyl (C=O) groups is 1. The van der Waals surface area contributed by atoms with Gasteiger partial charge in [0, 0.05) is 6.42 Å². The van der Waals surface area contributed by atoms with E-state index in [4.69, 9.17) is 5.11 Å². The standard InChI is InChI=1S/C5H10.C3H6O2/c1-4-5(2)3;1-2-3(4)5/h4H,1-3H3;2H2,1H3,(H,4,5). The third kappa shape index (κ3) is 27.0. The van der Waals surface area contributed by atoms with Crippen LogP contribution in [0.1, 0.15) is 34.1 Å². The Kier molecular flexibility index (Phi) is 9.80. The van der Waals surface area contributed by atoms with Crippen LogP contribution in [0.25, 0.3) is 0 Å². The van der Waals surface area contributed by atoms with Gasteiger partial charge in [0.1, 0.15) is 0 Å². The monoisotopic (exact) mass is 144 g/mol. The lowest BCUT2D eigenvalue weighted by Gasteiger charge is -1.74. The van der Waals surface area contributed by atoms with Crippen LogP contribution in [0.15, 0.2) is 11.6 Å². The van der Waals surface area contributed by atoms with Gasteiger partial charge in [0.05, 0.1) is 0 Å². The molecule has 0 saturated heterocycles. The van der Waals surface area contributed by atoms with Crippen molar-refractivity contribution in [2.75, 3.05) is 0 Å². The third-order valence-electron chi connectivity index (χ3n) is 0.880. The zero-order valence-corrected chi connectivity index (χ0v) is 7.14. The van der Waals surface area contributed by atoms with Gasteiger partial charge in [-0.15, -0.1) is 0 Å². The second-order valence-electron chi connectivity index (χ2n) is 2.11. The summed E-state index contributed by atoms with van der Waals surface area (Å²) >= 11 is 0. The van der Waals surface area contributed by atoms with Gasteiger partial charge in [0.2, 0.25) is 0 Å². The number of carboxylic acid groups (broad SMARTS) is 1. The largest absolute Gasteiger partial charge is 0.481 e. The highest BCUT2D eigenvalue weighted by molar-refractivity contribution is 5.66. The van der Waals surface area contributed by atoms with Crippen molar-refractivity contribution < 1.29 is 9.90 Å². The Labute approximate surface area is 62.6 Å². The molecule has 0 atom stereocenters. The van der Waals surface area contributed by atoms with Crippen molar-refractivity contribution in [2.45, 2.75) is 34.1 Å². The lowest BCUT2D eigenvalue weighted by molar-refractivity contribution is -0.136. The molecule has 0 spiro atoms. The van der Waals surface area contributed by atoms with Crippen LogP contribution in [0, 0.1) is 0 Å². The van der Waals surface area contributed by atoms with Crippen LogP contribution >= 0.6 is 0 Å². The smallest absolute Gasteiger partial charge is 0.303 e. The van der Waals surface area contributed by atoms with E-state index in [0.29, 0.717) is 0 Å². The average molecular weight is 144 g/mol. The minimum atomic E-state index is -0.745. The molecular formula is C8H16O2. The predicted octanol–water partition coefficient (Wildman–Crippen LogP) is 2.45. The van der Waals surface area contributed by atoms with Crippen molar-refractivity contribution in [2.24, 2.45) is 0 Å². The van der Waals surface area contributed by atoms with E-state index < -0.39 is 5.97 Å². The van der Waals surface area contributed by atoms with Gasteiger partial charge in [0.15, 0.2) is 0 Å². The van der Waals surface area contributed by atoms with Crippen LogP contribution in [0.3, 0.4) is 0 Å². The lowest BCUT2D eigenvalue weighted by Crippen LogP contribution is -1.86. The summed E-state index contributed by atoms with van der Waals surface area (Å²) in [5.74, 6) is -0.745. The summed E-state index contributed by atoms with van der Waals surface area (Å²) in [5.41, 5.74) is 1.38. The van der Waals surface area contributed by atoms with Gasteiger partial charge in [-0.3, -0.25) is 4.79 Å². The van der Waals surface area contributed by atoms with Gasteiger partial charge in [-0.2, -0.15) is 0 Å². The van der Waals surface area contributed by atoms with E-state index in [0.717, 1.165) is 0 Å². The van der Waals surface area contributed by atoms with Crippen molar-refractivity contribution in [1.29, 1.82) is 0 Å². The molecular weight excluding hydrogens is 128 g/mol. The van der Waals surface area contributed by atoms with Crippen LogP contribution in [-0.2, 0) is 4.79 Å². The zero-order valence-electron chi connectivity index (χ0n) is 7.14. The van der Waals surface area contributed by atoms with Crippen molar-refractivity contribution in [3.63, 3.8) is 0 Å². The second kappa shape index (κ2) is 8.21. The normalized spacial score (nSPS) is 7.20. The molecule has 10 heavy (non-hydrogen) atoms. The first kappa shape index (κ1) is 11.9. The van der Waals surface area contributed by atoms with Gasteiger partial charge in [-0.25, -0.2) is 0 Å². The van der Waals surface area contributed by atoms with E-state index in [1.165, 1.54) is 5.57 Å². The Hall–Kier alpha value is -0.790. The van der Waals surface area contributed by atoms with E-state index in [1.54, 1.807) is 6.92 Å². The fraction of sp³-hybridized carbons (Fsp3) is 0.625. The molecule has 0 aromatic carbocycles. The maximum atomic E-state index is 9.37. The molecule has 60 valence electrons. The van der Waals surface area contributed by atoms with Crippen molar-refractivity contribution in [3.8, 4) is 0 Å². The summed E-state index contributed by atoms with van der Waals surface area (Å²) in [5, 5.41) is 7.72. The molecule has 1 N–H and O–H groups in total. The Morgan fingerprint density at radius 2 is 1.70 bits per heavy atom. The fourth-order valence-electron chi connectivity index (χ4n) is 0. The number of hydrogen-bond donors (Lipinski definition) is 1. The first-order valence-corrected chi connectivity index (χ1v) is 3.35. The molecule has 0 aliphatic rings. The minimum absolute atomic E-state index is 0.222. The summed E-state index contributed by atoms with van der Waals surface area (Å²) in [6.07, 6.45) is 2.31. The summed E-state index contributed by atoms with van der Waals surface area (Å²) < 4.78 is 0. The molecule has 0 heterocycles. The van der Waals surface area contributed by atoms with Crippen LogP contribution in [0.2, 0.25) is 0 Å². The van der Waals surface area contributed by atoms with E-state index in [-0.39, 0.29) is 6.42 Å². The molecule has 0 amide bonds. The summed E-state index contributed by atoms with van der Waals surface area (Å²) in [7, 11) is 0. The van der Waals surface area contributed by atoms with Crippen LogP contribution in [-0.4, -0.2) is 11.1 Å². The Morgan fingerprint density at radius 1 is 1.50 bits per heavy atom. The molecule has 0 bridgehead atoms. The predicted molar refractivity (Wildman–Crippen MR) is 43.0 cm³/mol.